The first-order valence-electron chi connectivity index (χ1n) is 7.27. The second-order valence-corrected chi connectivity index (χ2v) is 6.87. The Morgan fingerprint density at radius 2 is 1.38 bits per heavy atom. The largest absolute Gasteiger partial charge is 0.385 e. The van der Waals surface area contributed by atoms with Crippen molar-refractivity contribution in [3.63, 3.8) is 0 Å². The summed E-state index contributed by atoms with van der Waals surface area (Å²) in [5.74, 6) is -0.274. The van der Waals surface area contributed by atoms with E-state index < -0.39 is 5.60 Å². The normalized spacial score (nSPS) is 14.8. The van der Waals surface area contributed by atoms with Gasteiger partial charge >= 0.3 is 0 Å². The van der Waals surface area contributed by atoms with Crippen LogP contribution in [0.25, 0.3) is 0 Å². The molecule has 0 fully saturated rings. The second kappa shape index (κ2) is 5.61. The Balaban J connectivity index is 2.25. The van der Waals surface area contributed by atoms with Crippen molar-refractivity contribution >= 4 is 0 Å². The van der Waals surface area contributed by atoms with Crippen molar-refractivity contribution in [1.82, 2.24) is 0 Å². The van der Waals surface area contributed by atoms with Gasteiger partial charge in [0.1, 0.15) is 5.82 Å². The molecule has 0 amide bonds. The maximum absolute atomic E-state index is 13.7. The van der Waals surface area contributed by atoms with Gasteiger partial charge < -0.3 is 5.11 Å². The minimum atomic E-state index is -1.08. The van der Waals surface area contributed by atoms with E-state index >= 15 is 0 Å². The summed E-state index contributed by atoms with van der Waals surface area (Å²) in [5, 5.41) is 10.7. The summed E-state index contributed by atoms with van der Waals surface area (Å²) in [7, 11) is 0. The quantitative estimate of drug-likeness (QED) is 0.876. The van der Waals surface area contributed by atoms with E-state index in [1.807, 2.05) is 24.3 Å². The molecule has 1 nitrogen and oxygen atoms in total. The third kappa shape index (κ3) is 3.70. The average Bonchev–Trinajstić information content (AvgIpc) is 2.40. The minimum absolute atomic E-state index is 0.0793. The SMILES string of the molecule is CC(C)(C)c1ccc(C(C)(O)Cc2ccccc2F)cc1. The van der Waals surface area contributed by atoms with Crippen LogP contribution in [0.15, 0.2) is 48.5 Å². The third-order valence-electron chi connectivity index (χ3n) is 3.87. The molecule has 1 unspecified atom stereocenters. The molecule has 2 rings (SSSR count). The van der Waals surface area contributed by atoms with Gasteiger partial charge in [0, 0.05) is 6.42 Å². The first-order valence-corrected chi connectivity index (χ1v) is 7.27. The van der Waals surface area contributed by atoms with Gasteiger partial charge in [0.25, 0.3) is 0 Å². The molecular weight excluding hydrogens is 263 g/mol. The minimum Gasteiger partial charge on any atom is -0.385 e. The van der Waals surface area contributed by atoms with E-state index in [0.717, 1.165) is 5.56 Å². The van der Waals surface area contributed by atoms with Gasteiger partial charge in [-0.3, -0.25) is 0 Å². The number of hydrogen-bond donors (Lipinski definition) is 1. The van der Waals surface area contributed by atoms with E-state index in [9.17, 15) is 9.50 Å². The molecule has 1 atom stereocenters. The van der Waals surface area contributed by atoms with Gasteiger partial charge in [0.15, 0.2) is 0 Å². The number of rotatable bonds is 3. The fourth-order valence-electron chi connectivity index (χ4n) is 2.44. The maximum atomic E-state index is 13.7. The molecule has 0 aliphatic carbocycles. The Hall–Kier alpha value is -1.67. The Labute approximate surface area is 126 Å². The first kappa shape index (κ1) is 15.7. The molecule has 0 bridgehead atoms. The number of aliphatic hydroxyl groups is 1. The van der Waals surface area contributed by atoms with E-state index in [4.69, 9.17) is 0 Å². The van der Waals surface area contributed by atoms with Gasteiger partial charge in [0.05, 0.1) is 5.60 Å². The fourth-order valence-corrected chi connectivity index (χ4v) is 2.44. The Morgan fingerprint density at radius 3 is 1.90 bits per heavy atom. The van der Waals surface area contributed by atoms with Crippen LogP contribution in [-0.2, 0) is 17.4 Å². The van der Waals surface area contributed by atoms with Crippen molar-refractivity contribution in [2.45, 2.75) is 45.1 Å². The lowest BCUT2D eigenvalue weighted by molar-refractivity contribution is 0.0566. The van der Waals surface area contributed by atoms with Crippen molar-refractivity contribution in [2.75, 3.05) is 0 Å². The van der Waals surface area contributed by atoms with Gasteiger partial charge in [-0.05, 0) is 35.1 Å². The lowest BCUT2D eigenvalue weighted by Gasteiger charge is -2.26. The molecule has 0 aromatic heterocycles. The predicted molar refractivity (Wildman–Crippen MR) is 84.8 cm³/mol. The maximum Gasteiger partial charge on any atom is 0.126 e. The molecule has 1 N–H and O–H groups in total. The molecule has 0 saturated heterocycles. The lowest BCUT2D eigenvalue weighted by atomic mass is 9.83. The highest BCUT2D eigenvalue weighted by atomic mass is 19.1. The first-order chi connectivity index (χ1) is 9.70. The molecule has 0 aliphatic rings. The number of benzene rings is 2. The molecule has 0 radical (unpaired) electrons. The standard InChI is InChI=1S/C19H23FO/c1-18(2,3)15-9-11-16(12-10-15)19(4,21)13-14-7-5-6-8-17(14)20/h5-12,21H,13H2,1-4H3. The summed E-state index contributed by atoms with van der Waals surface area (Å²) >= 11 is 0. The van der Waals surface area contributed by atoms with Crippen LogP contribution in [-0.4, -0.2) is 5.11 Å². The molecule has 0 aliphatic heterocycles. The molecule has 21 heavy (non-hydrogen) atoms. The zero-order valence-electron chi connectivity index (χ0n) is 13.2. The van der Waals surface area contributed by atoms with Gasteiger partial charge in [-0.1, -0.05) is 63.2 Å². The molecule has 0 heterocycles. The van der Waals surface area contributed by atoms with Crippen molar-refractivity contribution < 1.29 is 9.50 Å². The van der Waals surface area contributed by atoms with E-state index in [0.29, 0.717) is 5.56 Å². The Morgan fingerprint density at radius 1 is 0.857 bits per heavy atom. The summed E-state index contributed by atoms with van der Waals surface area (Å²) in [6, 6.07) is 14.5. The van der Waals surface area contributed by atoms with Gasteiger partial charge in [-0.25, -0.2) is 4.39 Å². The highest BCUT2D eigenvalue weighted by Crippen LogP contribution is 2.29. The Bertz CT molecular complexity index is 606. The fraction of sp³-hybridized carbons (Fsp3) is 0.368. The van der Waals surface area contributed by atoms with Gasteiger partial charge in [0.2, 0.25) is 0 Å². The summed E-state index contributed by atoms with van der Waals surface area (Å²) in [6.07, 6.45) is 0.258. The molecule has 112 valence electrons. The zero-order valence-corrected chi connectivity index (χ0v) is 13.2. The van der Waals surface area contributed by atoms with Gasteiger partial charge in [-0.2, -0.15) is 0 Å². The highest BCUT2D eigenvalue weighted by molar-refractivity contribution is 5.32. The molecule has 2 heteroatoms. The third-order valence-corrected chi connectivity index (χ3v) is 3.87. The summed E-state index contributed by atoms with van der Waals surface area (Å²) in [6.45, 7) is 8.18. The Kier molecular flexibility index (Phi) is 4.20. The van der Waals surface area contributed by atoms with Crippen LogP contribution in [0.1, 0.15) is 44.4 Å². The number of halogens is 1. The van der Waals surface area contributed by atoms with Crippen molar-refractivity contribution in [1.29, 1.82) is 0 Å². The lowest BCUT2D eigenvalue weighted by Crippen LogP contribution is -2.25. The van der Waals surface area contributed by atoms with Crippen LogP contribution in [0.2, 0.25) is 0 Å². The topological polar surface area (TPSA) is 20.2 Å². The van der Waals surface area contributed by atoms with Crippen LogP contribution in [0.3, 0.4) is 0 Å². The van der Waals surface area contributed by atoms with E-state index in [1.54, 1.807) is 25.1 Å². The second-order valence-electron chi connectivity index (χ2n) is 6.87. The summed E-state index contributed by atoms with van der Waals surface area (Å²) in [4.78, 5) is 0. The van der Waals surface area contributed by atoms with E-state index in [2.05, 4.69) is 20.8 Å². The molecule has 0 spiro atoms. The smallest absolute Gasteiger partial charge is 0.126 e. The highest BCUT2D eigenvalue weighted by Gasteiger charge is 2.25. The summed E-state index contributed by atoms with van der Waals surface area (Å²) < 4.78 is 13.7. The van der Waals surface area contributed by atoms with Crippen LogP contribution in [0.4, 0.5) is 4.39 Å². The van der Waals surface area contributed by atoms with Crippen molar-refractivity contribution in [3.8, 4) is 0 Å². The van der Waals surface area contributed by atoms with E-state index in [1.165, 1.54) is 11.6 Å². The predicted octanol–water partition coefficient (Wildman–Crippen LogP) is 4.57. The summed E-state index contributed by atoms with van der Waals surface area (Å²) in [5.41, 5.74) is 1.54. The van der Waals surface area contributed by atoms with Crippen LogP contribution < -0.4 is 0 Å². The van der Waals surface area contributed by atoms with Crippen molar-refractivity contribution in [2.24, 2.45) is 0 Å². The van der Waals surface area contributed by atoms with Gasteiger partial charge in [-0.15, -0.1) is 0 Å². The monoisotopic (exact) mass is 286 g/mol. The molecule has 2 aromatic rings. The van der Waals surface area contributed by atoms with E-state index in [-0.39, 0.29) is 17.7 Å². The number of hydrogen-bond acceptors (Lipinski definition) is 1. The van der Waals surface area contributed by atoms with Crippen LogP contribution in [0, 0.1) is 5.82 Å². The molecular formula is C19H23FO. The molecule has 2 aromatic carbocycles. The molecule has 0 saturated carbocycles. The van der Waals surface area contributed by atoms with Crippen molar-refractivity contribution in [3.05, 3.63) is 71.0 Å². The van der Waals surface area contributed by atoms with Crippen LogP contribution >= 0.6 is 0 Å². The average molecular weight is 286 g/mol. The zero-order chi connectivity index (χ0) is 15.7. The van der Waals surface area contributed by atoms with Crippen LogP contribution in [0.5, 0.6) is 0 Å².